The summed E-state index contributed by atoms with van der Waals surface area (Å²) in [6.45, 7) is 2.19. The van der Waals surface area contributed by atoms with Crippen molar-refractivity contribution in [2.75, 3.05) is 0 Å². The van der Waals surface area contributed by atoms with E-state index in [0.29, 0.717) is 0 Å². The average Bonchev–Trinajstić information content (AvgIpc) is 0.918. The van der Waals surface area contributed by atoms with Crippen LogP contribution in [0.2, 0.25) is 3.67 Å². The standard InChI is InChI=1S/C2H5.ClH.Na/c1-2;;/h1H2,2H3;1H;. The Bertz CT molecular complexity index is 6.00. The van der Waals surface area contributed by atoms with Gasteiger partial charge in [-0.15, -0.1) is 12.4 Å². The molecule has 0 unspecified atom stereocenters. The Kier molecular flexibility index (Phi) is 19.9. The van der Waals surface area contributed by atoms with E-state index in [2.05, 4.69) is 6.92 Å². The van der Waals surface area contributed by atoms with Gasteiger partial charge in [-0.25, -0.2) is 0 Å². The minimum absolute atomic E-state index is 0. The Morgan fingerprint density at radius 2 is 1.75 bits per heavy atom. The van der Waals surface area contributed by atoms with Gasteiger partial charge in [-0.3, -0.25) is 0 Å². The molecule has 0 aromatic heterocycles. The molecule has 0 radical (unpaired) electrons. The van der Waals surface area contributed by atoms with Crippen molar-refractivity contribution in [1.29, 1.82) is 0 Å². The van der Waals surface area contributed by atoms with Gasteiger partial charge in [0.15, 0.2) is 0 Å². The molecule has 0 saturated heterocycles. The maximum atomic E-state index is 2.19. The van der Waals surface area contributed by atoms with E-state index in [1.807, 2.05) is 0 Å². The first kappa shape index (κ1) is 8.99. The minimum Gasteiger partial charge on any atom is -0.147 e. The van der Waals surface area contributed by atoms with Gasteiger partial charge in [0.05, 0.1) is 0 Å². The van der Waals surface area contributed by atoms with Crippen LogP contribution in [-0.2, 0) is 0 Å². The second-order valence-electron chi connectivity index (χ2n) is 0.707. The van der Waals surface area contributed by atoms with Crippen molar-refractivity contribution in [2.24, 2.45) is 0 Å². The third-order valence-corrected chi connectivity index (χ3v) is 0. The maximum absolute atomic E-state index is 2.19. The first-order valence-corrected chi connectivity index (χ1v) is 2.83. The predicted molar refractivity (Wildman–Crippen MR) is 23.5 cm³/mol. The van der Waals surface area contributed by atoms with Crippen molar-refractivity contribution < 1.29 is 0 Å². The van der Waals surface area contributed by atoms with Crippen molar-refractivity contribution in [3.8, 4) is 0 Å². The molecule has 0 aromatic rings. The van der Waals surface area contributed by atoms with E-state index in [9.17, 15) is 0 Å². The van der Waals surface area contributed by atoms with Crippen LogP contribution < -0.4 is 0 Å². The van der Waals surface area contributed by atoms with E-state index in [0.717, 1.165) is 0 Å². The summed E-state index contributed by atoms with van der Waals surface area (Å²) in [5.41, 5.74) is 0. The van der Waals surface area contributed by atoms with Gasteiger partial charge in [0, 0.05) is 0 Å². The second kappa shape index (κ2) is 8.85. The van der Waals surface area contributed by atoms with Crippen LogP contribution in [0.4, 0.5) is 0 Å². The fourth-order valence-electron chi connectivity index (χ4n) is 0. The number of rotatable bonds is 0. The average molecular weight is 88.5 g/mol. The number of hydrogen-bond acceptors (Lipinski definition) is 0. The van der Waals surface area contributed by atoms with Crippen LogP contribution in [-0.4, -0.2) is 27.9 Å². The molecule has 0 N–H and O–H groups in total. The van der Waals surface area contributed by atoms with Gasteiger partial charge in [0.1, 0.15) is 0 Å². The van der Waals surface area contributed by atoms with Crippen molar-refractivity contribution >= 4 is 40.3 Å². The molecule has 0 saturated carbocycles. The zero-order valence-electron chi connectivity index (χ0n) is 3.12. The zero-order valence-corrected chi connectivity index (χ0v) is 5.93. The second-order valence-corrected chi connectivity index (χ2v) is 2.12. The Labute approximate surface area is 50.8 Å². The largest absolute Gasteiger partial charge is 0.147 e. The van der Waals surface area contributed by atoms with E-state index >= 15 is 0 Å². The molecule has 2 heteroatoms. The van der Waals surface area contributed by atoms with Gasteiger partial charge in [-0.05, 0) is 0 Å². The van der Waals surface area contributed by atoms with E-state index in [-0.39, 0.29) is 12.4 Å². The van der Waals surface area contributed by atoms with Gasteiger partial charge < -0.3 is 0 Å². The predicted octanol–water partition coefficient (Wildman–Crippen LogP) is 1.01. The van der Waals surface area contributed by atoms with Crippen LogP contribution >= 0.6 is 12.4 Å². The van der Waals surface area contributed by atoms with E-state index < -0.39 is 0 Å². The van der Waals surface area contributed by atoms with Gasteiger partial charge >= 0.3 is 38.5 Å². The molecule has 4 heavy (non-hydrogen) atoms. The molecule has 0 aromatic carbocycles. The normalized spacial score (nSPS) is 4.75. The molecule has 0 rings (SSSR count). The van der Waals surface area contributed by atoms with Gasteiger partial charge in [-0.2, -0.15) is 0 Å². The molecular weight excluding hydrogens is 82.5 g/mol. The summed E-state index contributed by atoms with van der Waals surface area (Å²) in [4.78, 5) is 0. The number of hydrogen-bond donors (Lipinski definition) is 0. The smallest absolute Gasteiger partial charge is 0.147 e. The quantitative estimate of drug-likeness (QED) is 0.388. The van der Waals surface area contributed by atoms with Crippen LogP contribution in [0.15, 0.2) is 0 Å². The molecule has 22 valence electrons. The van der Waals surface area contributed by atoms with Crippen LogP contribution in [0.25, 0.3) is 0 Å². The van der Waals surface area contributed by atoms with Gasteiger partial charge in [0.25, 0.3) is 0 Å². The van der Waals surface area contributed by atoms with Crippen molar-refractivity contribution in [2.45, 2.75) is 10.6 Å². The molecule has 0 nitrogen and oxygen atoms in total. The Morgan fingerprint density at radius 3 is 1.75 bits per heavy atom. The van der Waals surface area contributed by atoms with Crippen molar-refractivity contribution in [3.63, 3.8) is 0 Å². The molecule has 0 spiro atoms. The van der Waals surface area contributed by atoms with E-state index in [1.54, 1.807) is 0 Å². The third-order valence-electron chi connectivity index (χ3n) is 0. The van der Waals surface area contributed by atoms with E-state index in [1.165, 1.54) is 31.6 Å². The third kappa shape index (κ3) is 10.4. The summed E-state index contributed by atoms with van der Waals surface area (Å²) < 4.78 is 1.39. The Morgan fingerprint density at radius 1 is 1.75 bits per heavy atom. The summed E-state index contributed by atoms with van der Waals surface area (Å²) in [5, 5.41) is 0. The molecule has 0 aliphatic carbocycles. The summed E-state index contributed by atoms with van der Waals surface area (Å²) in [6, 6.07) is 0. The maximum Gasteiger partial charge on any atom is -0.147 e. The van der Waals surface area contributed by atoms with Crippen molar-refractivity contribution in [1.82, 2.24) is 0 Å². The number of halogens is 1. The Balaban J connectivity index is 0. The first-order valence-electron chi connectivity index (χ1n) is 1.41. The Hall–Kier alpha value is 1.29. The summed E-state index contributed by atoms with van der Waals surface area (Å²) >= 11 is 1.37. The zero-order chi connectivity index (χ0) is 2.71. The molecule has 0 aliphatic rings. The fraction of sp³-hybridized carbons (Fsp3) is 1.00. The summed E-state index contributed by atoms with van der Waals surface area (Å²) in [6.07, 6.45) is 0. The minimum atomic E-state index is 0. The van der Waals surface area contributed by atoms with Crippen molar-refractivity contribution in [3.05, 3.63) is 0 Å². The SMILES string of the molecule is C[CH2][Na].Cl. The van der Waals surface area contributed by atoms with Crippen LogP contribution in [0, 0.1) is 0 Å². The van der Waals surface area contributed by atoms with Crippen LogP contribution in [0.5, 0.6) is 0 Å². The topological polar surface area (TPSA) is 0 Å². The summed E-state index contributed by atoms with van der Waals surface area (Å²) in [5.74, 6) is 0. The van der Waals surface area contributed by atoms with Gasteiger partial charge in [-0.1, -0.05) is 0 Å². The van der Waals surface area contributed by atoms with Crippen LogP contribution in [0.1, 0.15) is 6.92 Å². The molecule has 0 bridgehead atoms. The van der Waals surface area contributed by atoms with E-state index in [4.69, 9.17) is 0 Å². The molecule has 0 aliphatic heterocycles. The monoisotopic (exact) mass is 88.0 g/mol. The molecule has 0 fully saturated rings. The van der Waals surface area contributed by atoms with Gasteiger partial charge in [0.2, 0.25) is 0 Å². The molecular formula is C2H6ClNa. The molecule has 0 amide bonds. The molecule has 0 atom stereocenters. The fourth-order valence-corrected chi connectivity index (χ4v) is 0. The molecule has 0 heterocycles. The first-order chi connectivity index (χ1) is 1.41. The summed E-state index contributed by atoms with van der Waals surface area (Å²) in [7, 11) is 0. The van der Waals surface area contributed by atoms with Crippen LogP contribution in [0.3, 0.4) is 0 Å².